The molecule has 1 aromatic rings. The molecular formula is C20H25IN2O3. The summed E-state index contributed by atoms with van der Waals surface area (Å²) < 4.78 is 6.89. The average molecular weight is 468 g/mol. The predicted octanol–water partition coefficient (Wildman–Crippen LogP) is 4.53. The Morgan fingerprint density at radius 2 is 1.85 bits per heavy atom. The molecule has 1 unspecified atom stereocenters. The first-order valence-corrected chi connectivity index (χ1v) is 10.3. The van der Waals surface area contributed by atoms with Gasteiger partial charge in [0.2, 0.25) is 0 Å². The van der Waals surface area contributed by atoms with E-state index in [9.17, 15) is 9.59 Å². The molecule has 2 amide bonds. The van der Waals surface area contributed by atoms with Gasteiger partial charge in [-0.05, 0) is 66.8 Å². The molecule has 0 spiro atoms. The van der Waals surface area contributed by atoms with Crippen LogP contribution in [-0.4, -0.2) is 30.1 Å². The average Bonchev–Trinajstić information content (AvgIpc) is 2.88. The van der Waals surface area contributed by atoms with Gasteiger partial charge >= 0.3 is 12.0 Å². The van der Waals surface area contributed by atoms with Crippen LogP contribution in [0.1, 0.15) is 57.1 Å². The van der Waals surface area contributed by atoms with E-state index >= 15 is 0 Å². The van der Waals surface area contributed by atoms with E-state index in [4.69, 9.17) is 4.74 Å². The van der Waals surface area contributed by atoms with Crippen LogP contribution >= 0.6 is 22.6 Å². The third-order valence-electron chi connectivity index (χ3n) is 5.27. The number of urea groups is 1. The Kier molecular flexibility index (Phi) is 6.21. The van der Waals surface area contributed by atoms with Crippen LogP contribution in [0, 0.1) is 3.57 Å². The first-order valence-electron chi connectivity index (χ1n) is 9.19. The molecule has 0 radical (unpaired) electrons. The van der Waals surface area contributed by atoms with Crippen LogP contribution in [0.25, 0.3) is 0 Å². The Labute approximate surface area is 168 Å². The van der Waals surface area contributed by atoms with Crippen molar-refractivity contribution in [3.63, 3.8) is 0 Å². The first-order chi connectivity index (χ1) is 12.5. The lowest BCUT2D eigenvalue weighted by molar-refractivity contribution is -0.145. The zero-order valence-electron chi connectivity index (χ0n) is 15.3. The summed E-state index contributed by atoms with van der Waals surface area (Å²) in [5.41, 5.74) is 2.10. The van der Waals surface area contributed by atoms with Gasteiger partial charge in [-0.15, -0.1) is 0 Å². The highest BCUT2D eigenvalue weighted by atomic mass is 127. The molecule has 6 heteroatoms. The molecule has 1 N–H and O–H groups in total. The van der Waals surface area contributed by atoms with Gasteiger partial charge in [-0.3, -0.25) is 0 Å². The summed E-state index contributed by atoms with van der Waals surface area (Å²) >= 11 is 2.24. The molecular weight excluding hydrogens is 443 g/mol. The number of halogens is 1. The monoisotopic (exact) mass is 468 g/mol. The molecule has 140 valence electrons. The fraction of sp³-hybridized carbons (Fsp3) is 0.500. The molecule has 0 aromatic heterocycles. The molecule has 26 heavy (non-hydrogen) atoms. The number of rotatable bonds is 3. The summed E-state index contributed by atoms with van der Waals surface area (Å²) in [5, 5.41) is 2.96. The van der Waals surface area contributed by atoms with Crippen LogP contribution in [0.3, 0.4) is 0 Å². The van der Waals surface area contributed by atoms with Gasteiger partial charge in [-0.25, -0.2) is 9.59 Å². The Bertz CT molecular complexity index is 724. The highest BCUT2D eigenvalue weighted by Gasteiger charge is 2.36. The highest BCUT2D eigenvalue weighted by Crippen LogP contribution is 2.33. The Hall–Kier alpha value is -1.57. The van der Waals surface area contributed by atoms with E-state index in [1.807, 2.05) is 31.2 Å². The SMILES string of the molecule is CC1=C(C(=O)OC2CCCCCC2)C(c2ccccc2I)NC(=O)N1C. The van der Waals surface area contributed by atoms with E-state index in [-0.39, 0.29) is 18.1 Å². The number of esters is 1. The van der Waals surface area contributed by atoms with Gasteiger partial charge in [-0.2, -0.15) is 0 Å². The van der Waals surface area contributed by atoms with Crippen molar-refractivity contribution in [3.8, 4) is 0 Å². The lowest BCUT2D eigenvalue weighted by Gasteiger charge is -2.34. The lowest BCUT2D eigenvalue weighted by Crippen LogP contribution is -2.46. The minimum Gasteiger partial charge on any atom is -0.459 e. The van der Waals surface area contributed by atoms with E-state index in [2.05, 4.69) is 27.9 Å². The van der Waals surface area contributed by atoms with Crippen LogP contribution < -0.4 is 5.32 Å². The van der Waals surface area contributed by atoms with E-state index in [1.54, 1.807) is 7.05 Å². The number of benzene rings is 1. The maximum Gasteiger partial charge on any atom is 0.338 e. The number of nitrogens with zero attached hydrogens (tertiary/aromatic N) is 1. The molecule has 1 aliphatic carbocycles. The van der Waals surface area contributed by atoms with Crippen molar-refractivity contribution in [3.05, 3.63) is 44.7 Å². The number of hydrogen-bond donors (Lipinski definition) is 1. The van der Waals surface area contributed by atoms with Gasteiger partial charge in [0.1, 0.15) is 6.10 Å². The summed E-state index contributed by atoms with van der Waals surface area (Å²) in [4.78, 5) is 26.9. The Morgan fingerprint density at radius 3 is 2.50 bits per heavy atom. The zero-order chi connectivity index (χ0) is 18.7. The van der Waals surface area contributed by atoms with Gasteiger partial charge in [0.05, 0.1) is 11.6 Å². The summed E-state index contributed by atoms with van der Waals surface area (Å²) in [6.07, 6.45) is 6.45. The normalized spacial score (nSPS) is 22.0. The van der Waals surface area contributed by atoms with Crippen molar-refractivity contribution < 1.29 is 14.3 Å². The molecule has 5 nitrogen and oxygen atoms in total. The quantitative estimate of drug-likeness (QED) is 0.403. The number of carbonyl (C=O) groups excluding carboxylic acids is 2. The lowest BCUT2D eigenvalue weighted by atomic mass is 9.95. The maximum atomic E-state index is 13.1. The second-order valence-electron chi connectivity index (χ2n) is 6.98. The van der Waals surface area contributed by atoms with Crippen LogP contribution in [0.15, 0.2) is 35.5 Å². The van der Waals surface area contributed by atoms with Gasteiger partial charge in [0.15, 0.2) is 0 Å². The summed E-state index contributed by atoms with van der Waals surface area (Å²) in [6.45, 7) is 1.81. The fourth-order valence-corrected chi connectivity index (χ4v) is 4.32. The molecule has 1 aliphatic heterocycles. The van der Waals surface area contributed by atoms with Crippen molar-refractivity contribution in [2.75, 3.05) is 7.05 Å². The number of nitrogens with one attached hydrogen (secondary N) is 1. The molecule has 1 heterocycles. The topological polar surface area (TPSA) is 58.6 Å². The van der Waals surface area contributed by atoms with Gasteiger partial charge < -0.3 is 15.0 Å². The molecule has 3 rings (SSSR count). The second kappa shape index (κ2) is 8.41. The van der Waals surface area contributed by atoms with E-state index < -0.39 is 6.04 Å². The van der Waals surface area contributed by atoms with Crippen LogP contribution in [-0.2, 0) is 9.53 Å². The van der Waals surface area contributed by atoms with Gasteiger partial charge in [0, 0.05) is 16.3 Å². The van der Waals surface area contributed by atoms with E-state index in [0.29, 0.717) is 11.3 Å². The fourth-order valence-electron chi connectivity index (χ4n) is 3.62. The smallest absolute Gasteiger partial charge is 0.338 e. The number of ether oxygens (including phenoxy) is 1. The molecule has 0 saturated heterocycles. The largest absolute Gasteiger partial charge is 0.459 e. The van der Waals surface area contributed by atoms with Crippen LogP contribution in [0.2, 0.25) is 0 Å². The summed E-state index contributed by atoms with van der Waals surface area (Å²) in [6, 6.07) is 7.10. The third-order valence-corrected chi connectivity index (χ3v) is 6.25. The van der Waals surface area contributed by atoms with Crippen molar-refractivity contribution in [1.82, 2.24) is 10.2 Å². The maximum absolute atomic E-state index is 13.1. The van der Waals surface area contributed by atoms with Crippen LogP contribution in [0.4, 0.5) is 4.79 Å². The summed E-state index contributed by atoms with van der Waals surface area (Å²) in [7, 11) is 1.68. The van der Waals surface area contributed by atoms with E-state index in [0.717, 1.165) is 34.8 Å². The zero-order valence-corrected chi connectivity index (χ0v) is 17.4. The molecule has 1 fully saturated rings. The van der Waals surface area contributed by atoms with Gasteiger partial charge in [-0.1, -0.05) is 31.0 Å². The first kappa shape index (κ1) is 19.2. The predicted molar refractivity (Wildman–Crippen MR) is 108 cm³/mol. The van der Waals surface area contributed by atoms with E-state index in [1.165, 1.54) is 17.7 Å². The number of allylic oxidation sites excluding steroid dienone is 1. The van der Waals surface area contributed by atoms with Crippen LogP contribution in [0.5, 0.6) is 0 Å². The molecule has 1 aromatic carbocycles. The van der Waals surface area contributed by atoms with Crippen molar-refractivity contribution in [1.29, 1.82) is 0 Å². The standard InChI is InChI=1S/C20H25IN2O3/c1-13-17(19(24)26-14-9-5-3-4-6-10-14)18(22-20(25)23(13)2)15-11-7-8-12-16(15)21/h7-8,11-12,14,18H,3-6,9-10H2,1-2H3,(H,22,25). The molecule has 1 atom stereocenters. The molecule has 2 aliphatic rings. The number of hydrogen-bond acceptors (Lipinski definition) is 3. The minimum absolute atomic E-state index is 0.0243. The van der Waals surface area contributed by atoms with Crippen molar-refractivity contribution >= 4 is 34.6 Å². The van der Waals surface area contributed by atoms with Crippen molar-refractivity contribution in [2.24, 2.45) is 0 Å². The molecule has 1 saturated carbocycles. The Balaban J connectivity index is 1.92. The molecule has 0 bridgehead atoms. The second-order valence-corrected chi connectivity index (χ2v) is 8.14. The third kappa shape index (κ3) is 4.05. The number of carbonyl (C=O) groups is 2. The highest BCUT2D eigenvalue weighted by molar-refractivity contribution is 14.1. The van der Waals surface area contributed by atoms with Gasteiger partial charge in [0.25, 0.3) is 0 Å². The minimum atomic E-state index is -0.481. The Morgan fingerprint density at radius 1 is 1.19 bits per heavy atom. The number of amides is 2. The van der Waals surface area contributed by atoms with Crippen molar-refractivity contribution in [2.45, 2.75) is 57.6 Å². The summed E-state index contributed by atoms with van der Waals surface area (Å²) in [5.74, 6) is -0.314.